The lowest BCUT2D eigenvalue weighted by molar-refractivity contribution is 0.189. The van der Waals surface area contributed by atoms with Crippen molar-refractivity contribution in [3.8, 4) is 5.75 Å². The fraction of sp³-hybridized carbons (Fsp3) is 0.588. The lowest BCUT2D eigenvalue weighted by atomic mass is 9.87. The number of aliphatic hydroxyl groups excluding tert-OH is 1. The molecule has 0 unspecified atom stereocenters. The maximum absolute atomic E-state index is 11.6. The Bertz CT molecular complexity index is 515. The molecular weight excluding hydrogens is 360 g/mol. The lowest BCUT2D eigenvalue weighted by Gasteiger charge is -2.20. The predicted octanol–water partition coefficient (Wildman–Crippen LogP) is 3.15. The summed E-state index contributed by atoms with van der Waals surface area (Å²) < 4.78 is 6.68. The van der Waals surface area contributed by atoms with E-state index in [0.29, 0.717) is 26.1 Å². The third-order valence-electron chi connectivity index (χ3n) is 3.43. The Morgan fingerprint density at radius 3 is 2.65 bits per heavy atom. The second-order valence-electron chi connectivity index (χ2n) is 6.47. The Morgan fingerprint density at radius 1 is 1.39 bits per heavy atom. The second kappa shape index (κ2) is 9.13. The number of urea groups is 1. The van der Waals surface area contributed by atoms with E-state index in [2.05, 4.69) is 54.2 Å². The van der Waals surface area contributed by atoms with Gasteiger partial charge in [-0.1, -0.05) is 26.8 Å². The van der Waals surface area contributed by atoms with Crippen LogP contribution in [-0.2, 0) is 5.41 Å². The molecular formula is C17H27BrN2O3. The molecule has 0 aromatic heterocycles. The van der Waals surface area contributed by atoms with Crippen molar-refractivity contribution < 1.29 is 14.6 Å². The van der Waals surface area contributed by atoms with Crippen molar-refractivity contribution >= 4 is 22.0 Å². The molecule has 0 saturated heterocycles. The number of carbonyl (C=O) groups is 1. The molecule has 0 spiro atoms. The molecule has 0 radical (unpaired) electrons. The molecule has 1 aromatic rings. The first kappa shape index (κ1) is 19.8. The van der Waals surface area contributed by atoms with Crippen LogP contribution in [0.2, 0.25) is 0 Å². The Kier molecular flexibility index (Phi) is 7.85. The van der Waals surface area contributed by atoms with Crippen LogP contribution in [0.4, 0.5) is 4.79 Å². The first-order valence-corrected chi connectivity index (χ1v) is 8.57. The van der Waals surface area contributed by atoms with Crippen LogP contribution in [0, 0.1) is 0 Å². The standard InChI is InChI=1S/C17H27BrN2O3/c1-17(2,3)13-6-7-15(14(18)12-13)23-11-5-8-19-16(22)20(4)9-10-21/h6-7,12,21H,5,8-11H2,1-4H3,(H,19,22). The van der Waals surface area contributed by atoms with Gasteiger partial charge in [0.05, 0.1) is 17.7 Å². The normalized spacial score (nSPS) is 11.2. The van der Waals surface area contributed by atoms with Crippen molar-refractivity contribution in [2.24, 2.45) is 0 Å². The van der Waals surface area contributed by atoms with E-state index in [9.17, 15) is 4.79 Å². The van der Waals surface area contributed by atoms with Gasteiger partial charge in [0.15, 0.2) is 0 Å². The van der Waals surface area contributed by atoms with E-state index in [1.165, 1.54) is 10.5 Å². The molecule has 1 rings (SSSR count). The zero-order chi connectivity index (χ0) is 17.5. The number of hydrogen-bond acceptors (Lipinski definition) is 3. The quantitative estimate of drug-likeness (QED) is 0.707. The molecule has 0 fully saturated rings. The number of aliphatic hydroxyl groups is 1. The van der Waals surface area contributed by atoms with Gasteiger partial charge >= 0.3 is 6.03 Å². The average molecular weight is 387 g/mol. The monoisotopic (exact) mass is 386 g/mol. The molecule has 0 aliphatic heterocycles. The molecule has 0 atom stereocenters. The molecule has 2 N–H and O–H groups in total. The molecule has 0 saturated carbocycles. The van der Waals surface area contributed by atoms with Crippen molar-refractivity contribution in [2.45, 2.75) is 32.6 Å². The summed E-state index contributed by atoms with van der Waals surface area (Å²) in [7, 11) is 1.65. The van der Waals surface area contributed by atoms with Gasteiger partial charge in [-0.15, -0.1) is 0 Å². The van der Waals surface area contributed by atoms with Gasteiger partial charge in [-0.2, -0.15) is 0 Å². The fourth-order valence-corrected chi connectivity index (χ4v) is 2.41. The number of rotatable bonds is 7. The van der Waals surface area contributed by atoms with Gasteiger partial charge < -0.3 is 20.1 Å². The van der Waals surface area contributed by atoms with Crippen molar-refractivity contribution in [3.05, 3.63) is 28.2 Å². The number of carbonyl (C=O) groups excluding carboxylic acids is 1. The molecule has 23 heavy (non-hydrogen) atoms. The Hall–Kier alpha value is -1.27. The van der Waals surface area contributed by atoms with Gasteiger partial charge in [0.2, 0.25) is 0 Å². The molecule has 130 valence electrons. The number of nitrogens with zero attached hydrogens (tertiary/aromatic N) is 1. The number of benzene rings is 1. The minimum absolute atomic E-state index is 0.0361. The number of nitrogens with one attached hydrogen (secondary N) is 1. The molecule has 1 aromatic carbocycles. The first-order chi connectivity index (χ1) is 10.8. The van der Waals surface area contributed by atoms with Crippen LogP contribution in [0.25, 0.3) is 0 Å². The third-order valence-corrected chi connectivity index (χ3v) is 4.05. The minimum atomic E-state index is -0.185. The highest BCUT2D eigenvalue weighted by Crippen LogP contribution is 2.31. The van der Waals surface area contributed by atoms with Gasteiger partial charge in [-0.25, -0.2) is 4.79 Å². The molecule has 0 aliphatic rings. The largest absolute Gasteiger partial charge is 0.492 e. The second-order valence-corrected chi connectivity index (χ2v) is 7.33. The van der Waals surface area contributed by atoms with Crippen molar-refractivity contribution in [1.29, 1.82) is 0 Å². The predicted molar refractivity (Wildman–Crippen MR) is 96.1 cm³/mol. The number of likely N-dealkylation sites (N-methyl/N-ethyl adjacent to an activating group) is 1. The van der Waals surface area contributed by atoms with E-state index in [0.717, 1.165) is 10.2 Å². The summed E-state index contributed by atoms with van der Waals surface area (Å²) in [4.78, 5) is 13.1. The van der Waals surface area contributed by atoms with Crippen LogP contribution < -0.4 is 10.1 Å². The zero-order valence-corrected chi connectivity index (χ0v) is 15.9. The summed E-state index contributed by atoms with van der Waals surface area (Å²) in [6.07, 6.45) is 0.714. The van der Waals surface area contributed by atoms with E-state index >= 15 is 0 Å². The lowest BCUT2D eigenvalue weighted by Crippen LogP contribution is -2.39. The van der Waals surface area contributed by atoms with Gasteiger partial charge in [-0.05, 0) is 45.5 Å². The zero-order valence-electron chi connectivity index (χ0n) is 14.4. The van der Waals surface area contributed by atoms with Crippen molar-refractivity contribution in [2.75, 3.05) is 33.4 Å². The molecule has 5 nitrogen and oxygen atoms in total. The summed E-state index contributed by atoms with van der Waals surface area (Å²) in [6, 6.07) is 5.94. The maximum atomic E-state index is 11.6. The van der Waals surface area contributed by atoms with Crippen LogP contribution in [0.1, 0.15) is 32.8 Å². The highest BCUT2D eigenvalue weighted by Gasteiger charge is 2.15. The smallest absolute Gasteiger partial charge is 0.317 e. The van der Waals surface area contributed by atoms with Crippen LogP contribution in [0.5, 0.6) is 5.75 Å². The van der Waals surface area contributed by atoms with Gasteiger partial charge in [-0.3, -0.25) is 0 Å². The summed E-state index contributed by atoms with van der Waals surface area (Å²) in [5, 5.41) is 11.6. The van der Waals surface area contributed by atoms with Gasteiger partial charge in [0.25, 0.3) is 0 Å². The first-order valence-electron chi connectivity index (χ1n) is 7.78. The maximum Gasteiger partial charge on any atom is 0.317 e. The SMILES string of the molecule is CN(CCO)C(=O)NCCCOc1ccc(C(C)(C)C)cc1Br. The Balaban J connectivity index is 2.35. The number of ether oxygens (including phenoxy) is 1. The number of hydrogen-bond donors (Lipinski definition) is 2. The number of halogens is 1. The van der Waals surface area contributed by atoms with Gasteiger partial charge in [0, 0.05) is 20.1 Å². The van der Waals surface area contributed by atoms with Crippen LogP contribution in [0.15, 0.2) is 22.7 Å². The van der Waals surface area contributed by atoms with E-state index < -0.39 is 0 Å². The van der Waals surface area contributed by atoms with E-state index in [1.54, 1.807) is 7.05 Å². The molecule has 0 aliphatic carbocycles. The van der Waals surface area contributed by atoms with E-state index in [1.807, 2.05) is 6.07 Å². The highest BCUT2D eigenvalue weighted by molar-refractivity contribution is 9.10. The summed E-state index contributed by atoms with van der Waals surface area (Å²) in [5.74, 6) is 0.807. The highest BCUT2D eigenvalue weighted by atomic mass is 79.9. The van der Waals surface area contributed by atoms with Crippen LogP contribution in [-0.4, -0.2) is 49.4 Å². The summed E-state index contributed by atoms with van der Waals surface area (Å²) in [5.41, 5.74) is 1.35. The molecule has 0 heterocycles. The molecule has 2 amide bonds. The Labute approximate surface area is 147 Å². The van der Waals surface area contributed by atoms with Crippen molar-refractivity contribution in [3.63, 3.8) is 0 Å². The summed E-state index contributed by atoms with van der Waals surface area (Å²) >= 11 is 3.54. The van der Waals surface area contributed by atoms with E-state index in [-0.39, 0.29) is 18.1 Å². The third kappa shape index (κ3) is 6.79. The molecule has 0 bridgehead atoms. The molecule has 6 heteroatoms. The van der Waals surface area contributed by atoms with Crippen LogP contribution >= 0.6 is 15.9 Å². The van der Waals surface area contributed by atoms with Crippen LogP contribution in [0.3, 0.4) is 0 Å². The Morgan fingerprint density at radius 2 is 2.09 bits per heavy atom. The number of amides is 2. The topological polar surface area (TPSA) is 61.8 Å². The fourth-order valence-electron chi connectivity index (χ4n) is 1.92. The van der Waals surface area contributed by atoms with Gasteiger partial charge in [0.1, 0.15) is 5.75 Å². The minimum Gasteiger partial charge on any atom is -0.492 e. The average Bonchev–Trinajstić information content (AvgIpc) is 2.47. The summed E-state index contributed by atoms with van der Waals surface area (Å²) in [6.45, 7) is 7.87. The van der Waals surface area contributed by atoms with Crippen molar-refractivity contribution in [1.82, 2.24) is 10.2 Å². The van der Waals surface area contributed by atoms with E-state index in [4.69, 9.17) is 9.84 Å².